The molecule has 0 aromatic rings. The van der Waals surface area contributed by atoms with Crippen LogP contribution in [0.5, 0.6) is 0 Å². The molecular formula is C20H43NO. The van der Waals surface area contributed by atoms with Gasteiger partial charge in [-0.15, -0.1) is 0 Å². The third-order valence-electron chi connectivity index (χ3n) is 3.96. The van der Waals surface area contributed by atoms with Gasteiger partial charge in [-0.25, -0.2) is 0 Å². The summed E-state index contributed by atoms with van der Waals surface area (Å²) < 4.78 is 5.94. The fraction of sp³-hybridized carbons (Fsp3) is 1.00. The quantitative estimate of drug-likeness (QED) is 0.593. The molecule has 134 valence electrons. The summed E-state index contributed by atoms with van der Waals surface area (Å²) in [5.74, 6) is 0. The third kappa shape index (κ3) is 13.6. The van der Waals surface area contributed by atoms with Gasteiger partial charge in [0.2, 0.25) is 0 Å². The second kappa shape index (κ2) is 8.15. The SMILES string of the molecule is CC(C)(C)COCC(C)(C)CCC(C)(C)CCNC(C)(C)C. The van der Waals surface area contributed by atoms with Crippen LogP contribution in [-0.4, -0.2) is 25.3 Å². The molecule has 22 heavy (non-hydrogen) atoms. The van der Waals surface area contributed by atoms with Crippen molar-refractivity contribution in [3.8, 4) is 0 Å². The molecule has 0 unspecified atom stereocenters. The lowest BCUT2D eigenvalue weighted by Gasteiger charge is -2.33. The molecule has 0 amide bonds. The predicted octanol–water partition coefficient (Wildman–Crippen LogP) is 5.66. The zero-order chi connectivity index (χ0) is 17.7. The first-order valence-electron chi connectivity index (χ1n) is 8.95. The molecule has 2 heteroatoms. The smallest absolute Gasteiger partial charge is 0.0517 e. The monoisotopic (exact) mass is 313 g/mol. The highest BCUT2D eigenvalue weighted by molar-refractivity contribution is 4.78. The van der Waals surface area contributed by atoms with Gasteiger partial charge in [-0.3, -0.25) is 0 Å². The van der Waals surface area contributed by atoms with E-state index in [9.17, 15) is 0 Å². The van der Waals surface area contributed by atoms with Gasteiger partial charge in [0.25, 0.3) is 0 Å². The molecule has 0 radical (unpaired) electrons. The first-order chi connectivity index (χ1) is 9.62. The highest BCUT2D eigenvalue weighted by atomic mass is 16.5. The average Bonchev–Trinajstić information content (AvgIpc) is 2.22. The van der Waals surface area contributed by atoms with E-state index in [1.807, 2.05) is 0 Å². The molecule has 0 aromatic heterocycles. The summed E-state index contributed by atoms with van der Waals surface area (Å²) in [7, 11) is 0. The molecule has 0 saturated carbocycles. The summed E-state index contributed by atoms with van der Waals surface area (Å²) in [5.41, 5.74) is 1.13. The van der Waals surface area contributed by atoms with Crippen molar-refractivity contribution in [3.05, 3.63) is 0 Å². The Hall–Kier alpha value is -0.0800. The maximum absolute atomic E-state index is 5.94. The Balaban J connectivity index is 4.10. The van der Waals surface area contributed by atoms with Crippen LogP contribution in [0.2, 0.25) is 0 Å². The molecule has 1 N–H and O–H groups in total. The Morgan fingerprint density at radius 3 is 1.59 bits per heavy atom. The van der Waals surface area contributed by atoms with E-state index in [1.54, 1.807) is 0 Å². The number of hydrogen-bond acceptors (Lipinski definition) is 2. The molecule has 0 bridgehead atoms. The van der Waals surface area contributed by atoms with E-state index in [1.165, 1.54) is 19.3 Å². The van der Waals surface area contributed by atoms with Crippen LogP contribution in [0.1, 0.15) is 88.5 Å². The molecule has 0 aliphatic heterocycles. The van der Waals surface area contributed by atoms with Crippen LogP contribution < -0.4 is 5.32 Å². The minimum Gasteiger partial charge on any atom is -0.380 e. The van der Waals surface area contributed by atoms with Crippen molar-refractivity contribution in [2.45, 2.75) is 94.0 Å². The molecular weight excluding hydrogens is 270 g/mol. The third-order valence-corrected chi connectivity index (χ3v) is 3.96. The Morgan fingerprint density at radius 2 is 1.14 bits per heavy atom. The normalized spacial score (nSPS) is 14.5. The van der Waals surface area contributed by atoms with Crippen molar-refractivity contribution in [2.24, 2.45) is 16.2 Å². The van der Waals surface area contributed by atoms with Gasteiger partial charge >= 0.3 is 0 Å². The zero-order valence-corrected chi connectivity index (χ0v) is 17.2. The van der Waals surface area contributed by atoms with Crippen LogP contribution in [0.25, 0.3) is 0 Å². The van der Waals surface area contributed by atoms with Crippen molar-refractivity contribution >= 4 is 0 Å². The lowest BCUT2D eigenvalue weighted by Crippen LogP contribution is -2.38. The first kappa shape index (κ1) is 21.9. The average molecular weight is 314 g/mol. The lowest BCUT2D eigenvalue weighted by atomic mass is 9.77. The first-order valence-corrected chi connectivity index (χ1v) is 8.95. The maximum atomic E-state index is 5.94. The van der Waals surface area contributed by atoms with E-state index < -0.39 is 0 Å². The number of ether oxygens (including phenoxy) is 1. The van der Waals surface area contributed by atoms with Crippen molar-refractivity contribution < 1.29 is 4.74 Å². The van der Waals surface area contributed by atoms with E-state index in [0.29, 0.717) is 5.41 Å². The summed E-state index contributed by atoms with van der Waals surface area (Å²) in [5, 5.41) is 3.60. The van der Waals surface area contributed by atoms with Gasteiger partial charge in [0.1, 0.15) is 0 Å². The Bertz CT molecular complexity index is 273. The van der Waals surface area contributed by atoms with Crippen molar-refractivity contribution in [1.29, 1.82) is 0 Å². The molecule has 0 spiro atoms. The minimum absolute atomic E-state index is 0.218. The van der Waals surface area contributed by atoms with Crippen LogP contribution >= 0.6 is 0 Å². The Kier molecular flexibility index (Phi) is 8.12. The van der Waals surface area contributed by atoms with Crippen LogP contribution in [-0.2, 0) is 4.74 Å². The summed E-state index contributed by atoms with van der Waals surface area (Å²) >= 11 is 0. The van der Waals surface area contributed by atoms with E-state index >= 15 is 0 Å². The van der Waals surface area contributed by atoms with E-state index in [4.69, 9.17) is 4.74 Å². The van der Waals surface area contributed by atoms with Crippen molar-refractivity contribution in [1.82, 2.24) is 5.32 Å². The molecule has 0 aliphatic carbocycles. The van der Waals surface area contributed by atoms with Gasteiger partial charge < -0.3 is 10.1 Å². The van der Waals surface area contributed by atoms with Gasteiger partial charge in [-0.05, 0) is 62.8 Å². The maximum Gasteiger partial charge on any atom is 0.0517 e. The molecule has 0 fully saturated rings. The van der Waals surface area contributed by atoms with E-state index in [-0.39, 0.29) is 16.4 Å². The van der Waals surface area contributed by atoms with Crippen LogP contribution in [0.3, 0.4) is 0 Å². The second-order valence-electron chi connectivity index (χ2n) is 10.8. The Labute approximate surface area is 140 Å². The highest BCUT2D eigenvalue weighted by Crippen LogP contribution is 2.33. The second-order valence-corrected chi connectivity index (χ2v) is 10.8. The molecule has 0 rings (SSSR count). The number of nitrogens with one attached hydrogen (secondary N) is 1. The fourth-order valence-corrected chi connectivity index (χ4v) is 2.28. The minimum atomic E-state index is 0.218. The number of hydrogen-bond donors (Lipinski definition) is 1. The molecule has 0 heterocycles. The summed E-state index contributed by atoms with van der Waals surface area (Å²) in [4.78, 5) is 0. The van der Waals surface area contributed by atoms with Crippen molar-refractivity contribution in [3.63, 3.8) is 0 Å². The standard InChI is InChI=1S/C20H43NO/c1-17(2,3)15-22-16-20(9,10)12-11-19(7,8)13-14-21-18(4,5)6/h21H,11-16H2,1-10H3. The molecule has 0 atom stereocenters. The van der Waals surface area contributed by atoms with Gasteiger partial charge in [-0.2, -0.15) is 0 Å². The van der Waals surface area contributed by atoms with Crippen LogP contribution in [0.4, 0.5) is 0 Å². The van der Waals surface area contributed by atoms with Gasteiger partial charge in [0.05, 0.1) is 13.2 Å². The van der Waals surface area contributed by atoms with Crippen LogP contribution in [0.15, 0.2) is 0 Å². The summed E-state index contributed by atoms with van der Waals surface area (Å²) in [6.07, 6.45) is 3.70. The lowest BCUT2D eigenvalue weighted by molar-refractivity contribution is 0.0136. The molecule has 0 aromatic carbocycles. The summed E-state index contributed by atoms with van der Waals surface area (Å²) in [6, 6.07) is 0. The summed E-state index contributed by atoms with van der Waals surface area (Å²) in [6.45, 7) is 25.6. The van der Waals surface area contributed by atoms with E-state index in [2.05, 4.69) is 74.6 Å². The van der Waals surface area contributed by atoms with Gasteiger partial charge in [0.15, 0.2) is 0 Å². The van der Waals surface area contributed by atoms with Gasteiger partial charge in [-0.1, -0.05) is 48.5 Å². The molecule has 0 aliphatic rings. The Morgan fingerprint density at radius 1 is 0.636 bits per heavy atom. The highest BCUT2D eigenvalue weighted by Gasteiger charge is 2.25. The number of rotatable bonds is 9. The largest absolute Gasteiger partial charge is 0.380 e. The molecule has 2 nitrogen and oxygen atoms in total. The zero-order valence-electron chi connectivity index (χ0n) is 17.2. The predicted molar refractivity (Wildman–Crippen MR) is 99.4 cm³/mol. The van der Waals surface area contributed by atoms with Crippen LogP contribution in [0, 0.1) is 16.2 Å². The topological polar surface area (TPSA) is 21.3 Å². The fourth-order valence-electron chi connectivity index (χ4n) is 2.28. The van der Waals surface area contributed by atoms with Crippen molar-refractivity contribution in [2.75, 3.05) is 19.8 Å². The van der Waals surface area contributed by atoms with Gasteiger partial charge in [0, 0.05) is 5.54 Å². The van der Waals surface area contributed by atoms with E-state index in [0.717, 1.165) is 19.8 Å². The molecule has 0 saturated heterocycles.